The van der Waals surface area contributed by atoms with Crippen molar-refractivity contribution in [3.8, 4) is 22.7 Å². The number of benzene rings is 2. The highest BCUT2D eigenvalue weighted by atomic mass is 19.1. The van der Waals surface area contributed by atoms with Crippen LogP contribution in [0.25, 0.3) is 16.9 Å². The molecule has 3 aromatic rings. The maximum Gasteiger partial charge on any atom is 0.269 e. The third-order valence-corrected chi connectivity index (χ3v) is 3.72. The Bertz CT molecular complexity index is 920. The summed E-state index contributed by atoms with van der Waals surface area (Å²) in [5.41, 5.74) is 5.02. The molecule has 0 aliphatic carbocycles. The molecule has 0 atom stereocenters. The van der Waals surface area contributed by atoms with Crippen LogP contribution in [0.15, 0.2) is 54.7 Å². The normalized spacial score (nSPS) is 10.8. The molecule has 0 saturated heterocycles. The minimum atomic E-state index is -0.334. The molecule has 0 bridgehead atoms. The van der Waals surface area contributed by atoms with Crippen LogP contribution >= 0.6 is 0 Å². The molecule has 6 nitrogen and oxygen atoms in total. The summed E-state index contributed by atoms with van der Waals surface area (Å²) in [6, 6.07) is 13.2. The molecule has 3 rings (SSSR count). The van der Waals surface area contributed by atoms with Gasteiger partial charge in [-0.2, -0.15) is 5.10 Å². The van der Waals surface area contributed by atoms with Gasteiger partial charge in [0.2, 0.25) is 0 Å². The van der Waals surface area contributed by atoms with Crippen molar-refractivity contribution in [3.63, 3.8) is 0 Å². The highest BCUT2D eigenvalue weighted by Gasteiger charge is 2.19. The van der Waals surface area contributed by atoms with Crippen molar-refractivity contribution in [1.29, 1.82) is 0 Å². The number of carbonyl (C=O) groups excluding carboxylic acids is 1. The molecular formula is C19H19FN4O2. The number of nitrogens with zero attached hydrogens (tertiary/aromatic N) is 3. The fraction of sp³-hybridized carbons (Fsp3) is 0.158. The molecule has 0 spiro atoms. The number of hydrogen-bond donors (Lipinski definition) is 1. The largest absolute Gasteiger partial charge is 0.497 e. The predicted octanol–water partition coefficient (Wildman–Crippen LogP) is 2.89. The summed E-state index contributed by atoms with van der Waals surface area (Å²) in [7, 11) is 5.04. The van der Waals surface area contributed by atoms with Gasteiger partial charge in [-0.05, 0) is 36.4 Å². The number of nitrogens with one attached hydrogen (secondary N) is 1. The molecule has 0 aliphatic heterocycles. The maximum atomic E-state index is 13.2. The monoisotopic (exact) mass is 354 g/mol. The van der Waals surface area contributed by atoms with Crippen LogP contribution in [0.3, 0.4) is 0 Å². The molecule has 1 heterocycles. The minimum Gasteiger partial charge on any atom is -0.497 e. The van der Waals surface area contributed by atoms with E-state index in [-0.39, 0.29) is 11.7 Å². The fourth-order valence-corrected chi connectivity index (χ4v) is 2.51. The van der Waals surface area contributed by atoms with Crippen molar-refractivity contribution in [2.24, 2.45) is 0 Å². The average Bonchev–Trinajstić information content (AvgIpc) is 3.07. The van der Waals surface area contributed by atoms with Crippen LogP contribution < -0.4 is 10.2 Å². The number of rotatable bonds is 5. The van der Waals surface area contributed by atoms with E-state index in [2.05, 4.69) is 10.5 Å². The van der Waals surface area contributed by atoms with E-state index in [1.165, 1.54) is 12.1 Å². The van der Waals surface area contributed by atoms with E-state index in [9.17, 15) is 9.18 Å². The third-order valence-electron chi connectivity index (χ3n) is 3.72. The van der Waals surface area contributed by atoms with Crippen LogP contribution in [0, 0.1) is 5.82 Å². The Kier molecular flexibility index (Phi) is 4.99. The Morgan fingerprint density at radius 3 is 2.58 bits per heavy atom. The molecule has 0 unspecified atom stereocenters. The number of aromatic nitrogens is 2. The van der Waals surface area contributed by atoms with Gasteiger partial charge in [0.25, 0.3) is 5.91 Å². The Labute approximate surface area is 150 Å². The number of ether oxygens (including phenoxy) is 1. The van der Waals surface area contributed by atoms with Gasteiger partial charge >= 0.3 is 0 Å². The first-order valence-corrected chi connectivity index (χ1v) is 7.96. The van der Waals surface area contributed by atoms with Crippen molar-refractivity contribution in [2.75, 3.05) is 21.2 Å². The van der Waals surface area contributed by atoms with Gasteiger partial charge in [0.05, 0.1) is 18.4 Å². The highest BCUT2D eigenvalue weighted by molar-refractivity contribution is 5.99. The van der Waals surface area contributed by atoms with Gasteiger partial charge in [-0.25, -0.2) is 14.1 Å². The Hall–Kier alpha value is -3.19. The number of amides is 1. The van der Waals surface area contributed by atoms with Gasteiger partial charge in [0, 0.05) is 25.9 Å². The van der Waals surface area contributed by atoms with Gasteiger partial charge in [-0.3, -0.25) is 10.2 Å². The van der Waals surface area contributed by atoms with E-state index in [1.54, 1.807) is 49.2 Å². The molecule has 26 heavy (non-hydrogen) atoms. The first kappa shape index (κ1) is 17.6. The summed E-state index contributed by atoms with van der Waals surface area (Å²) >= 11 is 0. The summed E-state index contributed by atoms with van der Waals surface area (Å²) in [5.74, 6) is 0.0403. The zero-order valence-electron chi connectivity index (χ0n) is 14.7. The molecule has 0 fully saturated rings. The summed E-state index contributed by atoms with van der Waals surface area (Å²) in [6.45, 7) is 0. The first-order chi connectivity index (χ1) is 12.5. The molecule has 134 valence electrons. The standard InChI is InChI=1S/C19H19FN4O2/c1-23(2)22-19(25)17-12-24(15-9-7-14(20)8-10-15)21-18(17)13-5-4-6-16(11-13)26-3/h4-12H,1-3H3,(H,22,25). The van der Waals surface area contributed by atoms with Crippen LogP contribution in [-0.2, 0) is 0 Å². The minimum absolute atomic E-state index is 0.291. The summed E-state index contributed by atoms with van der Waals surface area (Å²) in [4.78, 5) is 12.6. The molecule has 0 radical (unpaired) electrons. The number of carbonyl (C=O) groups is 1. The number of methoxy groups -OCH3 is 1. The van der Waals surface area contributed by atoms with E-state index in [0.29, 0.717) is 22.7 Å². The Morgan fingerprint density at radius 1 is 1.19 bits per heavy atom. The second-order valence-electron chi connectivity index (χ2n) is 5.88. The molecule has 1 amide bonds. The lowest BCUT2D eigenvalue weighted by molar-refractivity contribution is 0.0857. The smallest absolute Gasteiger partial charge is 0.269 e. The molecule has 0 aliphatic rings. The van der Waals surface area contributed by atoms with Crippen LogP contribution in [0.5, 0.6) is 5.75 Å². The second-order valence-corrected chi connectivity index (χ2v) is 5.88. The molecular weight excluding hydrogens is 335 g/mol. The molecule has 2 aromatic carbocycles. The van der Waals surface area contributed by atoms with Crippen molar-refractivity contribution in [2.45, 2.75) is 0 Å². The lowest BCUT2D eigenvalue weighted by Gasteiger charge is -2.11. The summed E-state index contributed by atoms with van der Waals surface area (Å²) in [6.07, 6.45) is 1.63. The van der Waals surface area contributed by atoms with Crippen molar-refractivity contribution >= 4 is 5.91 Å². The van der Waals surface area contributed by atoms with E-state index in [4.69, 9.17) is 4.74 Å². The average molecular weight is 354 g/mol. The molecule has 0 saturated carbocycles. The van der Waals surface area contributed by atoms with Crippen molar-refractivity contribution < 1.29 is 13.9 Å². The van der Waals surface area contributed by atoms with Gasteiger partial charge in [0.1, 0.15) is 17.3 Å². The van der Waals surface area contributed by atoms with Crippen LogP contribution in [-0.4, -0.2) is 41.9 Å². The summed E-state index contributed by atoms with van der Waals surface area (Å²) in [5, 5.41) is 6.11. The Morgan fingerprint density at radius 2 is 1.92 bits per heavy atom. The molecule has 1 N–H and O–H groups in total. The van der Waals surface area contributed by atoms with Crippen LogP contribution in [0.2, 0.25) is 0 Å². The number of halogens is 1. The fourth-order valence-electron chi connectivity index (χ4n) is 2.51. The lowest BCUT2D eigenvalue weighted by atomic mass is 10.1. The van der Waals surface area contributed by atoms with Gasteiger partial charge in [0.15, 0.2) is 0 Å². The number of hydrogen-bond acceptors (Lipinski definition) is 4. The zero-order chi connectivity index (χ0) is 18.7. The lowest BCUT2D eigenvalue weighted by Crippen LogP contribution is -2.36. The summed E-state index contributed by atoms with van der Waals surface area (Å²) < 4.78 is 20.0. The SMILES string of the molecule is COc1cccc(-c2nn(-c3ccc(F)cc3)cc2C(=O)NN(C)C)c1. The van der Waals surface area contributed by atoms with Crippen LogP contribution in [0.1, 0.15) is 10.4 Å². The molecule has 7 heteroatoms. The zero-order valence-corrected chi connectivity index (χ0v) is 14.7. The highest BCUT2D eigenvalue weighted by Crippen LogP contribution is 2.27. The Balaban J connectivity index is 2.10. The topological polar surface area (TPSA) is 59.4 Å². The molecule has 1 aromatic heterocycles. The quantitative estimate of drug-likeness (QED) is 0.716. The van der Waals surface area contributed by atoms with Crippen molar-refractivity contribution in [1.82, 2.24) is 20.2 Å². The van der Waals surface area contributed by atoms with E-state index < -0.39 is 0 Å². The van der Waals surface area contributed by atoms with Gasteiger partial charge < -0.3 is 4.74 Å². The van der Waals surface area contributed by atoms with Crippen molar-refractivity contribution in [3.05, 3.63) is 66.1 Å². The van der Waals surface area contributed by atoms with E-state index >= 15 is 0 Å². The predicted molar refractivity (Wildman–Crippen MR) is 96.7 cm³/mol. The first-order valence-electron chi connectivity index (χ1n) is 7.96. The number of hydrazine groups is 1. The van der Waals surface area contributed by atoms with E-state index in [1.807, 2.05) is 24.3 Å². The third kappa shape index (κ3) is 3.73. The van der Waals surface area contributed by atoms with Gasteiger partial charge in [-0.15, -0.1) is 0 Å². The second kappa shape index (κ2) is 7.37. The van der Waals surface area contributed by atoms with E-state index in [0.717, 1.165) is 5.56 Å². The maximum absolute atomic E-state index is 13.2. The van der Waals surface area contributed by atoms with Gasteiger partial charge in [-0.1, -0.05) is 12.1 Å². The van der Waals surface area contributed by atoms with Crippen LogP contribution in [0.4, 0.5) is 4.39 Å².